The van der Waals surface area contributed by atoms with E-state index in [-0.39, 0.29) is 12.2 Å². The summed E-state index contributed by atoms with van der Waals surface area (Å²) >= 11 is 0. The maximum absolute atomic E-state index is 7.06. The Bertz CT molecular complexity index is 2970. The average Bonchev–Trinajstić information content (AvgIpc) is 3.95. The van der Waals surface area contributed by atoms with Crippen LogP contribution < -0.4 is 0 Å². The SMILES string of the molecule is CC#Cc1cc2c(C)nc3c(-c4c(C)cc(C)cc4C)c(C)nn3c2n1CCC(CC)OC(CC)CCn1c(C#CC)cc2c(C)nc3c(-c4c(C)cc(C)cc4C)c(C)nn3c21. The fourth-order valence-corrected chi connectivity index (χ4v) is 10.2. The van der Waals surface area contributed by atoms with E-state index < -0.39 is 0 Å². The Morgan fingerprint density at radius 1 is 0.508 bits per heavy atom. The van der Waals surface area contributed by atoms with Crippen molar-refractivity contribution in [3.05, 3.63) is 104 Å². The summed E-state index contributed by atoms with van der Waals surface area (Å²) in [6, 6.07) is 13.4. The monoisotopic (exact) mass is 839 g/mol. The third-order valence-corrected chi connectivity index (χ3v) is 12.9. The summed E-state index contributed by atoms with van der Waals surface area (Å²) in [4.78, 5) is 10.4. The summed E-state index contributed by atoms with van der Waals surface area (Å²) in [6.07, 6.45) is 3.56. The molecule has 0 fully saturated rings. The van der Waals surface area contributed by atoms with Crippen molar-refractivity contribution in [2.24, 2.45) is 0 Å². The topological polar surface area (TPSA) is 79.5 Å². The molecule has 2 aromatic carbocycles. The Hall–Kier alpha value is -6.16. The van der Waals surface area contributed by atoms with Crippen molar-refractivity contribution >= 4 is 33.4 Å². The lowest BCUT2D eigenvalue weighted by Crippen LogP contribution is -2.24. The summed E-state index contributed by atoms with van der Waals surface area (Å²) in [5, 5.41) is 12.5. The Kier molecular flexibility index (Phi) is 11.9. The highest BCUT2D eigenvalue weighted by Gasteiger charge is 2.26. The van der Waals surface area contributed by atoms with Gasteiger partial charge in [0.2, 0.25) is 0 Å². The standard InChI is InChI=1S/C54H62N8O/c1-15-19-41-29-45-37(11)55-51-49(47-33(7)25-31(5)26-34(47)8)39(13)57-61(51)53(45)59(41)23-21-43(17-3)63-44(18-4)22-24-60-42(20-16-2)30-46-38(12)56-52-50(40(14)58-62(52)54(46)60)48-35(9)27-32(6)28-36(48)10/h25-30,43-44H,17-18,21-24H2,1-14H3. The minimum Gasteiger partial charge on any atom is -0.375 e. The van der Waals surface area contributed by atoms with Crippen molar-refractivity contribution in [2.45, 2.75) is 148 Å². The van der Waals surface area contributed by atoms with Gasteiger partial charge in [-0.05, 0) is 166 Å². The molecule has 0 saturated carbocycles. The Morgan fingerprint density at radius 3 is 1.21 bits per heavy atom. The van der Waals surface area contributed by atoms with Crippen LogP contribution in [0.25, 0.3) is 55.6 Å². The van der Waals surface area contributed by atoms with E-state index in [1.165, 1.54) is 44.5 Å². The zero-order valence-corrected chi connectivity index (χ0v) is 39.8. The van der Waals surface area contributed by atoms with Gasteiger partial charge in [0.05, 0.1) is 57.5 Å². The van der Waals surface area contributed by atoms with Crippen molar-refractivity contribution in [1.29, 1.82) is 0 Å². The minimum absolute atomic E-state index is 0.0489. The first-order chi connectivity index (χ1) is 30.2. The first kappa shape index (κ1) is 43.5. The Balaban J connectivity index is 1.11. The molecule has 63 heavy (non-hydrogen) atoms. The van der Waals surface area contributed by atoms with Crippen LogP contribution >= 0.6 is 0 Å². The quantitative estimate of drug-likeness (QED) is 0.115. The van der Waals surface area contributed by atoms with E-state index in [0.29, 0.717) is 0 Å². The van der Waals surface area contributed by atoms with Crippen molar-refractivity contribution in [1.82, 2.24) is 38.3 Å². The number of aryl methyl sites for hydroxylation is 12. The molecule has 2 unspecified atom stereocenters. The molecule has 324 valence electrons. The maximum atomic E-state index is 7.06. The van der Waals surface area contributed by atoms with Gasteiger partial charge in [-0.3, -0.25) is 0 Å². The predicted molar refractivity (Wildman–Crippen MR) is 259 cm³/mol. The molecule has 0 saturated heterocycles. The summed E-state index contributed by atoms with van der Waals surface area (Å²) in [5.41, 5.74) is 21.7. The van der Waals surface area contributed by atoms with E-state index in [2.05, 4.69) is 161 Å². The molecule has 0 aliphatic rings. The number of nitrogens with zero attached hydrogens (tertiary/aromatic N) is 8. The number of benzene rings is 2. The highest BCUT2D eigenvalue weighted by atomic mass is 16.5. The van der Waals surface area contributed by atoms with Gasteiger partial charge in [-0.25, -0.2) is 9.97 Å². The fourth-order valence-electron chi connectivity index (χ4n) is 10.2. The number of aromatic nitrogens is 8. The van der Waals surface area contributed by atoms with Crippen LogP contribution in [0.1, 0.15) is 121 Å². The molecule has 0 aliphatic carbocycles. The molecule has 2 atom stereocenters. The molecule has 0 spiro atoms. The van der Waals surface area contributed by atoms with Gasteiger partial charge in [0.1, 0.15) is 11.3 Å². The van der Waals surface area contributed by atoms with Gasteiger partial charge in [-0.15, -0.1) is 0 Å². The van der Waals surface area contributed by atoms with Crippen LogP contribution in [0.3, 0.4) is 0 Å². The van der Waals surface area contributed by atoms with E-state index in [9.17, 15) is 0 Å². The average molecular weight is 839 g/mol. The molecule has 0 bridgehead atoms. The van der Waals surface area contributed by atoms with E-state index in [1.807, 2.05) is 13.8 Å². The van der Waals surface area contributed by atoms with Gasteiger partial charge in [0, 0.05) is 23.9 Å². The van der Waals surface area contributed by atoms with Crippen LogP contribution in [0, 0.1) is 92.9 Å². The second kappa shape index (κ2) is 17.2. The highest BCUT2D eigenvalue weighted by molar-refractivity contribution is 5.92. The largest absolute Gasteiger partial charge is 0.375 e. The van der Waals surface area contributed by atoms with Gasteiger partial charge in [-0.2, -0.15) is 19.2 Å². The van der Waals surface area contributed by atoms with E-state index in [4.69, 9.17) is 24.9 Å². The zero-order chi connectivity index (χ0) is 45.0. The van der Waals surface area contributed by atoms with E-state index in [0.717, 1.165) is 117 Å². The predicted octanol–water partition coefficient (Wildman–Crippen LogP) is 11.9. The van der Waals surface area contributed by atoms with Crippen LogP contribution in [0.15, 0.2) is 36.4 Å². The maximum Gasteiger partial charge on any atom is 0.165 e. The Morgan fingerprint density at radius 2 is 0.873 bits per heavy atom. The smallest absolute Gasteiger partial charge is 0.165 e. The zero-order valence-electron chi connectivity index (χ0n) is 39.8. The second-order valence-electron chi connectivity index (χ2n) is 17.7. The number of hydrogen-bond donors (Lipinski definition) is 0. The van der Waals surface area contributed by atoms with Crippen LogP contribution in [0.5, 0.6) is 0 Å². The lowest BCUT2D eigenvalue weighted by molar-refractivity contribution is -0.0270. The number of rotatable bonds is 12. The van der Waals surface area contributed by atoms with Crippen LogP contribution in [0.4, 0.5) is 0 Å². The normalized spacial score (nSPS) is 12.7. The Labute approximate surface area is 372 Å². The van der Waals surface area contributed by atoms with Gasteiger partial charge in [0.15, 0.2) is 11.3 Å². The molecule has 0 N–H and O–H groups in total. The summed E-state index contributed by atoms with van der Waals surface area (Å²) in [7, 11) is 0. The highest BCUT2D eigenvalue weighted by Crippen LogP contribution is 2.38. The molecular formula is C54H62N8O. The lowest BCUT2D eigenvalue weighted by atomic mass is 9.94. The lowest BCUT2D eigenvalue weighted by Gasteiger charge is -2.24. The summed E-state index contributed by atoms with van der Waals surface area (Å²) < 4.78 is 15.9. The van der Waals surface area contributed by atoms with Crippen LogP contribution in [-0.2, 0) is 17.8 Å². The molecule has 0 radical (unpaired) electrons. The first-order valence-corrected chi connectivity index (χ1v) is 22.6. The molecule has 9 nitrogen and oxygen atoms in total. The second-order valence-corrected chi connectivity index (χ2v) is 17.7. The van der Waals surface area contributed by atoms with Gasteiger partial charge in [-0.1, -0.05) is 61.1 Å². The molecule has 9 heteroatoms. The third-order valence-electron chi connectivity index (χ3n) is 12.9. The third kappa shape index (κ3) is 7.61. The first-order valence-electron chi connectivity index (χ1n) is 22.6. The van der Waals surface area contributed by atoms with Crippen molar-refractivity contribution in [3.63, 3.8) is 0 Å². The number of hydrogen-bond acceptors (Lipinski definition) is 5. The van der Waals surface area contributed by atoms with E-state index in [1.54, 1.807) is 0 Å². The molecular weight excluding hydrogens is 777 g/mol. The number of fused-ring (bicyclic) bond motifs is 6. The molecule has 6 aromatic heterocycles. The van der Waals surface area contributed by atoms with E-state index >= 15 is 0 Å². The van der Waals surface area contributed by atoms with Gasteiger partial charge < -0.3 is 13.9 Å². The van der Waals surface area contributed by atoms with Gasteiger partial charge in [0.25, 0.3) is 0 Å². The molecule has 0 amide bonds. The summed E-state index contributed by atoms with van der Waals surface area (Å²) in [5.74, 6) is 13.2. The van der Waals surface area contributed by atoms with Crippen LogP contribution in [0.2, 0.25) is 0 Å². The summed E-state index contributed by atoms with van der Waals surface area (Å²) in [6.45, 7) is 31.2. The molecule has 8 aromatic rings. The van der Waals surface area contributed by atoms with Crippen LogP contribution in [-0.4, -0.2) is 50.5 Å². The van der Waals surface area contributed by atoms with Crippen molar-refractivity contribution < 1.29 is 4.74 Å². The molecule has 6 heterocycles. The number of ether oxygens (including phenoxy) is 1. The minimum atomic E-state index is 0.0489. The molecule has 0 aliphatic heterocycles. The molecule has 8 rings (SSSR count). The van der Waals surface area contributed by atoms with Gasteiger partial charge >= 0.3 is 0 Å². The fraction of sp³-hybridized carbons (Fsp3) is 0.407. The van der Waals surface area contributed by atoms with Crippen molar-refractivity contribution in [2.75, 3.05) is 0 Å². The van der Waals surface area contributed by atoms with Crippen molar-refractivity contribution in [3.8, 4) is 45.9 Å².